The summed E-state index contributed by atoms with van der Waals surface area (Å²) in [4.78, 5) is 12.5. The van der Waals surface area contributed by atoms with Gasteiger partial charge in [-0.1, -0.05) is 30.3 Å². The monoisotopic (exact) mass is 409 g/mol. The number of alkyl halides is 2. The van der Waals surface area contributed by atoms with Crippen LogP contribution in [-0.4, -0.2) is 17.9 Å². The number of hydrogen-bond donors (Lipinski definition) is 1. The van der Waals surface area contributed by atoms with Crippen LogP contribution in [0.2, 0.25) is 0 Å². The van der Waals surface area contributed by atoms with E-state index in [2.05, 4.69) is 21.2 Å². The fourth-order valence-electron chi connectivity index (χ4n) is 2.85. The summed E-state index contributed by atoms with van der Waals surface area (Å²) in [6.45, 7) is 2.18. The lowest BCUT2D eigenvalue weighted by Gasteiger charge is -2.35. The molecule has 0 aliphatic heterocycles. The summed E-state index contributed by atoms with van der Waals surface area (Å²) in [7, 11) is 0. The highest BCUT2D eigenvalue weighted by Gasteiger charge is 2.46. The minimum Gasteiger partial charge on any atom is -0.489 e. The number of hydrogen-bond acceptors (Lipinski definition) is 2. The second-order valence-electron chi connectivity index (χ2n) is 6.25. The standard InChI is InChI=1S/C19H18BrF2NO2/c1-12-16(25-11-13-5-3-2-4-6-13)8-7-15(20)17(12)18(24)23-14-9-19(21,22)10-14/h2-8,14H,9-11H2,1H3,(H,23,24). The van der Waals surface area contributed by atoms with Crippen LogP contribution in [0.3, 0.4) is 0 Å². The molecule has 1 aliphatic rings. The van der Waals surface area contributed by atoms with Crippen LogP contribution < -0.4 is 10.1 Å². The number of benzene rings is 2. The Kier molecular flexibility index (Phi) is 5.08. The van der Waals surface area contributed by atoms with Gasteiger partial charge in [0.2, 0.25) is 0 Å². The molecule has 25 heavy (non-hydrogen) atoms. The van der Waals surface area contributed by atoms with Gasteiger partial charge in [0.1, 0.15) is 12.4 Å². The minimum atomic E-state index is -2.66. The fourth-order valence-corrected chi connectivity index (χ4v) is 3.46. The summed E-state index contributed by atoms with van der Waals surface area (Å²) in [6.07, 6.45) is -0.612. The maximum atomic E-state index is 12.9. The van der Waals surface area contributed by atoms with Crippen LogP contribution in [0.1, 0.15) is 34.3 Å². The van der Waals surface area contributed by atoms with Gasteiger partial charge in [0.25, 0.3) is 11.8 Å². The maximum Gasteiger partial charge on any atom is 0.253 e. The first kappa shape index (κ1) is 17.9. The molecule has 3 rings (SSSR count). The number of nitrogens with one attached hydrogen (secondary N) is 1. The number of amides is 1. The summed E-state index contributed by atoms with van der Waals surface area (Å²) in [5.74, 6) is -2.43. The highest BCUT2D eigenvalue weighted by atomic mass is 79.9. The van der Waals surface area contributed by atoms with E-state index in [1.165, 1.54) is 0 Å². The molecule has 0 spiro atoms. The third kappa shape index (κ3) is 4.18. The molecule has 0 unspecified atom stereocenters. The van der Waals surface area contributed by atoms with Crippen molar-refractivity contribution in [3.8, 4) is 5.75 Å². The largest absolute Gasteiger partial charge is 0.489 e. The van der Waals surface area contributed by atoms with E-state index < -0.39 is 12.0 Å². The van der Waals surface area contributed by atoms with Crippen LogP contribution in [0.15, 0.2) is 46.9 Å². The lowest BCUT2D eigenvalue weighted by atomic mass is 9.88. The molecular weight excluding hydrogens is 392 g/mol. The summed E-state index contributed by atoms with van der Waals surface area (Å²) in [5.41, 5.74) is 2.11. The van der Waals surface area contributed by atoms with Crippen LogP contribution in [0.5, 0.6) is 5.75 Å². The van der Waals surface area contributed by atoms with Crippen molar-refractivity contribution in [2.24, 2.45) is 0 Å². The van der Waals surface area contributed by atoms with Crippen LogP contribution in [0.25, 0.3) is 0 Å². The Bertz CT molecular complexity index is 772. The van der Waals surface area contributed by atoms with Gasteiger partial charge in [-0.2, -0.15) is 0 Å². The molecule has 2 aromatic carbocycles. The van der Waals surface area contributed by atoms with Gasteiger partial charge < -0.3 is 10.1 Å². The van der Waals surface area contributed by atoms with Crippen LogP contribution >= 0.6 is 15.9 Å². The molecule has 3 nitrogen and oxygen atoms in total. The van der Waals surface area contributed by atoms with Crippen molar-refractivity contribution in [2.45, 2.75) is 38.3 Å². The van der Waals surface area contributed by atoms with Crippen molar-refractivity contribution < 1.29 is 18.3 Å². The highest BCUT2D eigenvalue weighted by Crippen LogP contribution is 2.38. The Morgan fingerprint density at radius 3 is 2.56 bits per heavy atom. The zero-order chi connectivity index (χ0) is 18.0. The van der Waals surface area contributed by atoms with E-state index in [9.17, 15) is 13.6 Å². The van der Waals surface area contributed by atoms with E-state index >= 15 is 0 Å². The first-order valence-electron chi connectivity index (χ1n) is 8.00. The third-order valence-corrected chi connectivity index (χ3v) is 4.91. The lowest BCUT2D eigenvalue weighted by Crippen LogP contribution is -2.50. The van der Waals surface area contributed by atoms with Crippen molar-refractivity contribution >= 4 is 21.8 Å². The Morgan fingerprint density at radius 2 is 1.92 bits per heavy atom. The molecule has 1 amide bonds. The molecule has 1 saturated carbocycles. The molecule has 6 heteroatoms. The Morgan fingerprint density at radius 1 is 1.24 bits per heavy atom. The van der Waals surface area contributed by atoms with Crippen molar-refractivity contribution in [1.29, 1.82) is 0 Å². The average Bonchev–Trinajstić information content (AvgIpc) is 2.53. The summed E-state index contributed by atoms with van der Waals surface area (Å²) in [5, 5.41) is 2.67. The minimum absolute atomic E-state index is 0.306. The average molecular weight is 410 g/mol. The number of halogens is 3. The molecule has 132 valence electrons. The van der Waals surface area contributed by atoms with Gasteiger partial charge in [-0.15, -0.1) is 0 Å². The summed E-state index contributed by atoms with van der Waals surface area (Å²) < 4.78 is 32.3. The molecule has 2 aromatic rings. The lowest BCUT2D eigenvalue weighted by molar-refractivity contribution is -0.0901. The van der Waals surface area contributed by atoms with Crippen molar-refractivity contribution in [3.05, 3.63) is 63.6 Å². The van der Waals surface area contributed by atoms with E-state index in [4.69, 9.17) is 4.74 Å². The normalized spacial score (nSPS) is 16.2. The molecule has 1 fully saturated rings. The smallest absolute Gasteiger partial charge is 0.253 e. The molecule has 0 atom stereocenters. The van der Waals surface area contributed by atoms with Gasteiger partial charge in [-0.25, -0.2) is 8.78 Å². The van der Waals surface area contributed by atoms with E-state index in [0.29, 0.717) is 28.0 Å². The van der Waals surface area contributed by atoms with Crippen LogP contribution in [0.4, 0.5) is 8.78 Å². The molecule has 0 heterocycles. The quantitative estimate of drug-likeness (QED) is 0.765. The second-order valence-corrected chi connectivity index (χ2v) is 7.11. The maximum absolute atomic E-state index is 12.9. The number of ether oxygens (including phenoxy) is 1. The van der Waals surface area contributed by atoms with Crippen molar-refractivity contribution in [3.63, 3.8) is 0 Å². The number of carbonyl (C=O) groups is 1. The van der Waals surface area contributed by atoms with Gasteiger partial charge in [-0.3, -0.25) is 4.79 Å². The fraction of sp³-hybridized carbons (Fsp3) is 0.316. The zero-order valence-corrected chi connectivity index (χ0v) is 15.3. The van der Waals surface area contributed by atoms with Gasteiger partial charge >= 0.3 is 0 Å². The molecule has 0 aromatic heterocycles. The molecule has 1 N–H and O–H groups in total. The number of carbonyl (C=O) groups excluding carboxylic acids is 1. The van der Waals surface area contributed by atoms with E-state index in [1.54, 1.807) is 19.1 Å². The van der Waals surface area contributed by atoms with Gasteiger partial charge in [0.05, 0.1) is 5.56 Å². The Labute approximate surface area is 153 Å². The van der Waals surface area contributed by atoms with Crippen molar-refractivity contribution in [2.75, 3.05) is 0 Å². The first-order chi connectivity index (χ1) is 11.9. The topological polar surface area (TPSA) is 38.3 Å². The first-order valence-corrected chi connectivity index (χ1v) is 8.79. The Hall–Kier alpha value is -1.95. The summed E-state index contributed by atoms with van der Waals surface area (Å²) >= 11 is 3.37. The van der Waals surface area contributed by atoms with E-state index in [0.717, 1.165) is 5.56 Å². The van der Waals surface area contributed by atoms with Crippen LogP contribution in [0, 0.1) is 6.92 Å². The van der Waals surface area contributed by atoms with Crippen LogP contribution in [-0.2, 0) is 6.61 Å². The Balaban J connectivity index is 1.72. The van der Waals surface area contributed by atoms with Crippen molar-refractivity contribution in [1.82, 2.24) is 5.32 Å². The second kappa shape index (κ2) is 7.12. The highest BCUT2D eigenvalue weighted by molar-refractivity contribution is 9.10. The van der Waals surface area contributed by atoms with Gasteiger partial charge in [0.15, 0.2) is 0 Å². The molecule has 0 bridgehead atoms. The third-order valence-electron chi connectivity index (χ3n) is 4.25. The van der Waals surface area contributed by atoms with Gasteiger partial charge in [-0.05, 0) is 40.5 Å². The number of rotatable bonds is 5. The predicted octanol–water partition coefficient (Wildman–Crippen LogP) is 4.86. The zero-order valence-electron chi connectivity index (χ0n) is 13.7. The molecular formula is C19H18BrF2NO2. The molecule has 0 saturated heterocycles. The SMILES string of the molecule is Cc1c(OCc2ccccc2)ccc(Br)c1C(=O)NC1CC(F)(F)C1. The predicted molar refractivity (Wildman–Crippen MR) is 95.1 cm³/mol. The molecule has 0 radical (unpaired) electrons. The molecule has 1 aliphatic carbocycles. The van der Waals surface area contributed by atoms with E-state index in [1.807, 2.05) is 30.3 Å². The van der Waals surface area contributed by atoms with E-state index in [-0.39, 0.29) is 18.7 Å². The summed E-state index contributed by atoms with van der Waals surface area (Å²) in [6, 6.07) is 12.7. The van der Waals surface area contributed by atoms with Gasteiger partial charge in [0, 0.05) is 28.9 Å².